The maximum absolute atomic E-state index is 11.3. The first-order valence-corrected chi connectivity index (χ1v) is 6.86. The van der Waals surface area contributed by atoms with Gasteiger partial charge < -0.3 is 10.4 Å². The maximum Gasteiger partial charge on any atom is 0.339 e. The number of hydrogen-bond donors (Lipinski definition) is 2. The Kier molecular flexibility index (Phi) is 4.11. The Labute approximate surface area is 115 Å². The summed E-state index contributed by atoms with van der Waals surface area (Å²) in [5.41, 5.74) is 2.73. The highest BCUT2D eigenvalue weighted by molar-refractivity contribution is 7.07. The van der Waals surface area contributed by atoms with Crippen LogP contribution in [0, 0.1) is 13.8 Å². The van der Waals surface area contributed by atoms with E-state index in [2.05, 4.69) is 27.0 Å². The van der Waals surface area contributed by atoms with Crippen molar-refractivity contribution in [3.63, 3.8) is 0 Å². The van der Waals surface area contributed by atoms with E-state index in [0.29, 0.717) is 23.6 Å². The minimum absolute atomic E-state index is 0.206. The average Bonchev–Trinajstić information content (AvgIpc) is 2.86. The van der Waals surface area contributed by atoms with E-state index in [-0.39, 0.29) is 5.56 Å². The standard InChI is InChI=1S/C13H15N3O2S/c1-8-9(2)15-16-12(11(8)13(17)18)14-5-3-10-4-6-19-7-10/h4,6-7H,3,5H2,1-2H3,(H,14,16)(H,17,18). The van der Waals surface area contributed by atoms with Crippen molar-refractivity contribution in [3.8, 4) is 0 Å². The number of hydrogen-bond acceptors (Lipinski definition) is 5. The van der Waals surface area contributed by atoms with E-state index < -0.39 is 5.97 Å². The van der Waals surface area contributed by atoms with Crippen molar-refractivity contribution < 1.29 is 9.90 Å². The third-order valence-electron chi connectivity index (χ3n) is 2.95. The number of thiophene rings is 1. The number of anilines is 1. The van der Waals surface area contributed by atoms with Crippen LogP contribution in [0.2, 0.25) is 0 Å². The largest absolute Gasteiger partial charge is 0.478 e. The highest BCUT2D eigenvalue weighted by atomic mass is 32.1. The van der Waals surface area contributed by atoms with Gasteiger partial charge in [0.15, 0.2) is 5.82 Å². The van der Waals surface area contributed by atoms with Crippen molar-refractivity contribution in [1.82, 2.24) is 10.2 Å². The number of aryl methyl sites for hydroxylation is 1. The Balaban J connectivity index is 2.11. The van der Waals surface area contributed by atoms with Crippen molar-refractivity contribution in [1.29, 1.82) is 0 Å². The lowest BCUT2D eigenvalue weighted by Crippen LogP contribution is -2.14. The molecule has 100 valence electrons. The molecule has 2 N–H and O–H groups in total. The van der Waals surface area contributed by atoms with Crippen LogP contribution in [0.5, 0.6) is 0 Å². The molecule has 2 rings (SSSR count). The van der Waals surface area contributed by atoms with Crippen LogP contribution in [0.1, 0.15) is 27.2 Å². The van der Waals surface area contributed by atoms with Crippen molar-refractivity contribution in [3.05, 3.63) is 39.2 Å². The number of carboxylic acid groups (broad SMARTS) is 1. The molecule has 0 aliphatic rings. The minimum Gasteiger partial charge on any atom is -0.478 e. The van der Waals surface area contributed by atoms with Crippen molar-refractivity contribution in [2.75, 3.05) is 11.9 Å². The van der Waals surface area contributed by atoms with Crippen LogP contribution in [-0.4, -0.2) is 27.8 Å². The van der Waals surface area contributed by atoms with Crippen LogP contribution < -0.4 is 5.32 Å². The zero-order valence-electron chi connectivity index (χ0n) is 10.8. The molecule has 0 amide bonds. The number of aromatic carboxylic acids is 1. The molecule has 2 aromatic rings. The molecular formula is C13H15N3O2S. The lowest BCUT2D eigenvalue weighted by molar-refractivity contribution is 0.0696. The molecule has 0 saturated heterocycles. The van der Waals surface area contributed by atoms with E-state index in [1.54, 1.807) is 25.2 Å². The number of rotatable bonds is 5. The third-order valence-corrected chi connectivity index (χ3v) is 3.69. The van der Waals surface area contributed by atoms with E-state index in [1.807, 2.05) is 5.38 Å². The zero-order valence-corrected chi connectivity index (χ0v) is 11.6. The SMILES string of the molecule is Cc1nnc(NCCc2ccsc2)c(C(=O)O)c1C. The Morgan fingerprint density at radius 2 is 2.21 bits per heavy atom. The molecule has 0 unspecified atom stereocenters. The lowest BCUT2D eigenvalue weighted by atomic mass is 10.1. The first kappa shape index (κ1) is 13.5. The predicted molar refractivity (Wildman–Crippen MR) is 75.0 cm³/mol. The molecule has 2 heterocycles. The Hall–Kier alpha value is -1.95. The van der Waals surface area contributed by atoms with Gasteiger partial charge in [0.2, 0.25) is 0 Å². The molecule has 0 aromatic carbocycles. The number of aromatic nitrogens is 2. The molecule has 19 heavy (non-hydrogen) atoms. The van der Waals surface area contributed by atoms with Crippen LogP contribution in [0.3, 0.4) is 0 Å². The summed E-state index contributed by atoms with van der Waals surface area (Å²) in [6, 6.07) is 2.05. The Morgan fingerprint density at radius 1 is 1.42 bits per heavy atom. The van der Waals surface area contributed by atoms with Gasteiger partial charge in [-0.15, -0.1) is 5.10 Å². The first-order chi connectivity index (χ1) is 9.09. The topological polar surface area (TPSA) is 75.1 Å². The zero-order chi connectivity index (χ0) is 13.8. The Bertz CT molecular complexity index is 582. The van der Waals surface area contributed by atoms with Crippen molar-refractivity contribution in [2.24, 2.45) is 0 Å². The molecule has 0 radical (unpaired) electrons. The van der Waals surface area contributed by atoms with Gasteiger partial charge >= 0.3 is 5.97 Å². The Morgan fingerprint density at radius 3 is 2.84 bits per heavy atom. The summed E-state index contributed by atoms with van der Waals surface area (Å²) in [4.78, 5) is 11.3. The second kappa shape index (κ2) is 5.79. The fourth-order valence-electron chi connectivity index (χ4n) is 1.75. The monoisotopic (exact) mass is 277 g/mol. The molecule has 0 fully saturated rings. The number of nitrogens with one attached hydrogen (secondary N) is 1. The summed E-state index contributed by atoms with van der Waals surface area (Å²) in [5, 5.41) is 24.3. The molecule has 0 bridgehead atoms. The molecule has 0 spiro atoms. The van der Waals surface area contributed by atoms with E-state index in [0.717, 1.165) is 6.42 Å². The van der Waals surface area contributed by atoms with Gasteiger partial charge in [-0.3, -0.25) is 0 Å². The van der Waals surface area contributed by atoms with Crippen molar-refractivity contribution in [2.45, 2.75) is 20.3 Å². The van der Waals surface area contributed by atoms with Crippen LogP contribution in [0.25, 0.3) is 0 Å². The highest BCUT2D eigenvalue weighted by Crippen LogP contribution is 2.18. The smallest absolute Gasteiger partial charge is 0.339 e. The summed E-state index contributed by atoms with van der Waals surface area (Å²) < 4.78 is 0. The van der Waals surface area contributed by atoms with Gasteiger partial charge in [-0.25, -0.2) is 4.79 Å². The van der Waals surface area contributed by atoms with Crippen LogP contribution in [0.4, 0.5) is 5.82 Å². The second-order valence-electron chi connectivity index (χ2n) is 4.25. The molecule has 5 nitrogen and oxygen atoms in total. The lowest BCUT2D eigenvalue weighted by Gasteiger charge is -2.10. The molecule has 0 atom stereocenters. The number of nitrogens with zero attached hydrogens (tertiary/aromatic N) is 2. The van der Waals surface area contributed by atoms with Gasteiger partial charge in [0.1, 0.15) is 5.56 Å². The van der Waals surface area contributed by atoms with E-state index in [1.165, 1.54) is 5.56 Å². The van der Waals surface area contributed by atoms with Crippen LogP contribution in [0.15, 0.2) is 16.8 Å². The van der Waals surface area contributed by atoms with Crippen LogP contribution >= 0.6 is 11.3 Å². The summed E-state index contributed by atoms with van der Waals surface area (Å²) in [6.45, 7) is 4.13. The summed E-state index contributed by atoms with van der Waals surface area (Å²) in [5.74, 6) is -0.639. The minimum atomic E-state index is -0.978. The molecule has 6 heteroatoms. The number of carboxylic acids is 1. The molecule has 0 aliphatic heterocycles. The van der Waals surface area contributed by atoms with E-state index in [4.69, 9.17) is 0 Å². The number of carbonyl (C=O) groups is 1. The average molecular weight is 277 g/mol. The predicted octanol–water partition coefficient (Wildman–Crippen LogP) is 2.51. The quantitative estimate of drug-likeness (QED) is 0.878. The molecule has 2 aromatic heterocycles. The first-order valence-electron chi connectivity index (χ1n) is 5.91. The third kappa shape index (κ3) is 3.08. The maximum atomic E-state index is 11.3. The summed E-state index contributed by atoms with van der Waals surface area (Å²) in [7, 11) is 0. The van der Waals surface area contributed by atoms with E-state index in [9.17, 15) is 9.90 Å². The van der Waals surface area contributed by atoms with Gasteiger partial charge in [-0.2, -0.15) is 16.4 Å². The van der Waals surface area contributed by atoms with Gasteiger partial charge in [-0.05, 0) is 48.2 Å². The summed E-state index contributed by atoms with van der Waals surface area (Å²) in [6.07, 6.45) is 0.831. The molecule has 0 saturated carbocycles. The van der Waals surface area contributed by atoms with Crippen molar-refractivity contribution >= 4 is 23.1 Å². The highest BCUT2D eigenvalue weighted by Gasteiger charge is 2.17. The summed E-state index contributed by atoms with van der Waals surface area (Å²) >= 11 is 1.65. The fraction of sp³-hybridized carbons (Fsp3) is 0.308. The fourth-order valence-corrected chi connectivity index (χ4v) is 2.46. The van der Waals surface area contributed by atoms with Gasteiger partial charge in [0.05, 0.1) is 5.69 Å². The van der Waals surface area contributed by atoms with E-state index >= 15 is 0 Å². The second-order valence-corrected chi connectivity index (χ2v) is 5.03. The van der Waals surface area contributed by atoms with Gasteiger partial charge in [0, 0.05) is 6.54 Å². The van der Waals surface area contributed by atoms with Gasteiger partial charge in [0.25, 0.3) is 0 Å². The molecule has 0 aliphatic carbocycles. The van der Waals surface area contributed by atoms with Crippen LogP contribution in [-0.2, 0) is 6.42 Å². The normalized spacial score (nSPS) is 10.4. The van der Waals surface area contributed by atoms with Gasteiger partial charge in [-0.1, -0.05) is 0 Å². The molecular weight excluding hydrogens is 262 g/mol.